The lowest BCUT2D eigenvalue weighted by Crippen LogP contribution is -2.11. The van der Waals surface area contributed by atoms with Gasteiger partial charge in [0.25, 0.3) is 0 Å². The lowest BCUT2D eigenvalue weighted by Gasteiger charge is -2.16. The summed E-state index contributed by atoms with van der Waals surface area (Å²) >= 11 is 0. The molecule has 2 aromatic rings. The second kappa shape index (κ2) is 15.3. The van der Waals surface area contributed by atoms with Crippen molar-refractivity contribution in [3.8, 4) is 0 Å². The van der Waals surface area contributed by atoms with E-state index in [9.17, 15) is 0 Å². The first-order valence-electron chi connectivity index (χ1n) is 12.5. The predicted molar refractivity (Wildman–Crippen MR) is 130 cm³/mol. The minimum atomic E-state index is 0.818. The third-order valence-electron chi connectivity index (χ3n) is 5.84. The molecule has 0 aliphatic carbocycles. The van der Waals surface area contributed by atoms with Crippen molar-refractivity contribution in [2.45, 2.75) is 126 Å². The van der Waals surface area contributed by atoms with Crippen LogP contribution in [0.25, 0.3) is 0 Å². The standard InChI is InChI=1S/C14H26N2.C12H22N2/c1-5-8-9-13(6-2)11-16-10-12(4)15-14(16)7-3;1-4-6-7-8-9-14-10-11(3)13-12(14)5-2/h10,13H,5-9,11H2,1-4H3;10H,4-9H2,1-3H3. The average Bonchev–Trinajstić information content (AvgIpc) is 3.29. The van der Waals surface area contributed by atoms with E-state index in [2.05, 4.69) is 80.0 Å². The number of unbranched alkanes of at least 4 members (excludes halogenated alkanes) is 4. The van der Waals surface area contributed by atoms with Crippen molar-refractivity contribution in [3.05, 3.63) is 35.4 Å². The molecule has 0 fully saturated rings. The van der Waals surface area contributed by atoms with Crippen LogP contribution in [-0.2, 0) is 25.9 Å². The van der Waals surface area contributed by atoms with Gasteiger partial charge in [-0.2, -0.15) is 0 Å². The SMILES string of the molecule is CCCCC(CC)Cn1cc(C)nc1CC.CCCCCCn1cc(C)nc1CC. The Balaban J connectivity index is 0.000000303. The Morgan fingerprint density at radius 2 is 1.30 bits per heavy atom. The maximum absolute atomic E-state index is 4.56. The van der Waals surface area contributed by atoms with E-state index >= 15 is 0 Å². The van der Waals surface area contributed by atoms with Gasteiger partial charge in [0.05, 0.1) is 11.4 Å². The van der Waals surface area contributed by atoms with Gasteiger partial charge < -0.3 is 9.13 Å². The van der Waals surface area contributed by atoms with Gasteiger partial charge in [0.1, 0.15) is 11.6 Å². The topological polar surface area (TPSA) is 35.6 Å². The van der Waals surface area contributed by atoms with Gasteiger partial charge in [-0.1, -0.05) is 73.1 Å². The average molecular weight is 417 g/mol. The Kier molecular flexibility index (Phi) is 13.5. The van der Waals surface area contributed by atoms with Gasteiger partial charge in [0, 0.05) is 38.3 Å². The lowest BCUT2D eigenvalue weighted by molar-refractivity contribution is 0.385. The monoisotopic (exact) mass is 416 g/mol. The summed E-state index contributed by atoms with van der Waals surface area (Å²) in [5.41, 5.74) is 2.31. The summed E-state index contributed by atoms with van der Waals surface area (Å²) in [5, 5.41) is 0. The van der Waals surface area contributed by atoms with Gasteiger partial charge in [-0.15, -0.1) is 0 Å². The van der Waals surface area contributed by atoms with E-state index in [0.29, 0.717) is 0 Å². The van der Waals surface area contributed by atoms with Crippen LogP contribution in [0.5, 0.6) is 0 Å². The summed E-state index contributed by atoms with van der Waals surface area (Å²) in [6.07, 6.45) is 17.0. The van der Waals surface area contributed by atoms with Gasteiger partial charge in [-0.05, 0) is 32.6 Å². The molecule has 30 heavy (non-hydrogen) atoms. The third kappa shape index (κ3) is 9.49. The first-order chi connectivity index (χ1) is 14.5. The molecule has 2 heterocycles. The van der Waals surface area contributed by atoms with Crippen molar-refractivity contribution in [2.24, 2.45) is 5.92 Å². The minimum absolute atomic E-state index is 0.818. The van der Waals surface area contributed by atoms with Gasteiger partial charge in [-0.25, -0.2) is 9.97 Å². The van der Waals surface area contributed by atoms with Gasteiger partial charge in [0.2, 0.25) is 0 Å². The molecule has 1 unspecified atom stereocenters. The number of hydrogen-bond donors (Lipinski definition) is 0. The van der Waals surface area contributed by atoms with Gasteiger partial charge in [-0.3, -0.25) is 0 Å². The zero-order chi connectivity index (χ0) is 22.4. The third-order valence-corrected chi connectivity index (χ3v) is 5.84. The van der Waals surface area contributed by atoms with E-state index in [1.54, 1.807) is 0 Å². The second-order valence-corrected chi connectivity index (χ2v) is 8.63. The molecule has 0 amide bonds. The fourth-order valence-corrected chi connectivity index (χ4v) is 4.01. The lowest BCUT2D eigenvalue weighted by atomic mass is 9.99. The highest BCUT2D eigenvalue weighted by Crippen LogP contribution is 2.17. The molecule has 0 spiro atoms. The highest BCUT2D eigenvalue weighted by atomic mass is 15.1. The molecule has 2 rings (SSSR count). The summed E-state index contributed by atoms with van der Waals surface area (Å²) < 4.78 is 4.67. The Morgan fingerprint density at radius 1 is 0.733 bits per heavy atom. The fourth-order valence-electron chi connectivity index (χ4n) is 4.01. The smallest absolute Gasteiger partial charge is 0.108 e. The number of aryl methyl sites for hydroxylation is 5. The molecular weight excluding hydrogens is 368 g/mol. The highest BCUT2D eigenvalue weighted by Gasteiger charge is 2.10. The normalized spacial score (nSPS) is 12.0. The van der Waals surface area contributed by atoms with Crippen LogP contribution < -0.4 is 0 Å². The Hall–Kier alpha value is -1.58. The Morgan fingerprint density at radius 3 is 1.83 bits per heavy atom. The Bertz CT molecular complexity index is 683. The van der Waals surface area contributed by atoms with Crippen LogP contribution >= 0.6 is 0 Å². The number of hydrogen-bond acceptors (Lipinski definition) is 2. The molecule has 0 aliphatic rings. The molecule has 172 valence electrons. The first-order valence-corrected chi connectivity index (χ1v) is 12.5. The molecular formula is C26H48N4. The van der Waals surface area contributed by atoms with Gasteiger partial charge >= 0.3 is 0 Å². The molecule has 4 heteroatoms. The van der Waals surface area contributed by atoms with Crippen molar-refractivity contribution >= 4 is 0 Å². The summed E-state index contributed by atoms with van der Waals surface area (Å²) in [7, 11) is 0. The van der Waals surface area contributed by atoms with E-state index in [4.69, 9.17) is 0 Å². The molecule has 0 saturated carbocycles. The van der Waals surface area contributed by atoms with Crippen LogP contribution in [-0.4, -0.2) is 19.1 Å². The van der Waals surface area contributed by atoms with Crippen molar-refractivity contribution in [2.75, 3.05) is 0 Å². The summed E-state index contributed by atoms with van der Waals surface area (Å²) in [6, 6.07) is 0. The summed E-state index contributed by atoms with van der Waals surface area (Å²) in [6.45, 7) is 17.6. The molecule has 0 N–H and O–H groups in total. The molecule has 0 aromatic carbocycles. The molecule has 1 atom stereocenters. The fraction of sp³-hybridized carbons (Fsp3) is 0.769. The maximum Gasteiger partial charge on any atom is 0.108 e. The van der Waals surface area contributed by atoms with Crippen molar-refractivity contribution < 1.29 is 0 Å². The van der Waals surface area contributed by atoms with E-state index in [1.165, 1.54) is 63.0 Å². The predicted octanol–water partition coefficient (Wildman–Crippen LogP) is 7.30. The molecule has 0 radical (unpaired) electrons. The molecule has 0 saturated heterocycles. The second-order valence-electron chi connectivity index (χ2n) is 8.63. The zero-order valence-electron chi connectivity index (χ0n) is 21.0. The highest BCUT2D eigenvalue weighted by molar-refractivity contribution is 5.02. The van der Waals surface area contributed by atoms with Gasteiger partial charge in [0.15, 0.2) is 0 Å². The summed E-state index contributed by atoms with van der Waals surface area (Å²) in [5.74, 6) is 3.30. The van der Waals surface area contributed by atoms with Crippen LogP contribution in [0.4, 0.5) is 0 Å². The first kappa shape index (κ1) is 26.5. The van der Waals surface area contributed by atoms with Crippen molar-refractivity contribution in [1.29, 1.82) is 0 Å². The van der Waals surface area contributed by atoms with E-state index in [1.807, 2.05) is 0 Å². The number of imidazole rings is 2. The Labute approximate surface area is 186 Å². The molecule has 0 aliphatic heterocycles. The maximum atomic E-state index is 4.56. The minimum Gasteiger partial charge on any atom is -0.335 e. The molecule has 2 aromatic heterocycles. The zero-order valence-corrected chi connectivity index (χ0v) is 21.0. The van der Waals surface area contributed by atoms with Crippen LogP contribution in [0, 0.1) is 19.8 Å². The van der Waals surface area contributed by atoms with Crippen LogP contribution in [0.3, 0.4) is 0 Å². The number of rotatable bonds is 13. The van der Waals surface area contributed by atoms with Crippen molar-refractivity contribution in [3.63, 3.8) is 0 Å². The summed E-state index contributed by atoms with van der Waals surface area (Å²) in [4.78, 5) is 9.05. The van der Waals surface area contributed by atoms with Crippen LogP contribution in [0.15, 0.2) is 12.4 Å². The van der Waals surface area contributed by atoms with Crippen LogP contribution in [0.1, 0.15) is 109 Å². The van der Waals surface area contributed by atoms with Crippen molar-refractivity contribution in [1.82, 2.24) is 19.1 Å². The number of nitrogens with zero attached hydrogens (tertiary/aromatic N) is 4. The van der Waals surface area contributed by atoms with Crippen LogP contribution in [0.2, 0.25) is 0 Å². The molecule has 4 nitrogen and oxygen atoms in total. The quantitative estimate of drug-likeness (QED) is 0.321. The van der Waals surface area contributed by atoms with E-state index in [0.717, 1.165) is 43.2 Å². The van der Waals surface area contributed by atoms with E-state index in [-0.39, 0.29) is 0 Å². The van der Waals surface area contributed by atoms with E-state index < -0.39 is 0 Å². The largest absolute Gasteiger partial charge is 0.335 e. The molecule has 0 bridgehead atoms. The number of aromatic nitrogens is 4.